The van der Waals surface area contributed by atoms with Crippen molar-refractivity contribution < 1.29 is 13.9 Å². The van der Waals surface area contributed by atoms with Gasteiger partial charge in [0, 0.05) is 22.8 Å². The van der Waals surface area contributed by atoms with Crippen LogP contribution >= 0.6 is 15.9 Å². The molecule has 0 aliphatic carbocycles. The fourth-order valence-electron chi connectivity index (χ4n) is 1.82. The van der Waals surface area contributed by atoms with E-state index in [1.165, 1.54) is 12.1 Å². The molecule has 1 aromatic heterocycles. The van der Waals surface area contributed by atoms with E-state index >= 15 is 0 Å². The summed E-state index contributed by atoms with van der Waals surface area (Å²) in [6.45, 7) is 2.60. The molecule has 20 heavy (non-hydrogen) atoms. The Bertz CT molecular complexity index is 640. The van der Waals surface area contributed by atoms with Gasteiger partial charge < -0.3 is 15.0 Å². The number of hydrogen-bond donors (Lipinski definition) is 1. The number of halogens is 2. The maximum atomic E-state index is 13.0. The number of esters is 1. The Hall–Kier alpha value is -1.82. The van der Waals surface area contributed by atoms with Crippen molar-refractivity contribution in [1.29, 1.82) is 0 Å². The Morgan fingerprint density at radius 1 is 1.45 bits per heavy atom. The van der Waals surface area contributed by atoms with Crippen molar-refractivity contribution >= 4 is 27.6 Å². The highest BCUT2D eigenvalue weighted by Crippen LogP contribution is 2.20. The van der Waals surface area contributed by atoms with Crippen molar-refractivity contribution in [3.05, 3.63) is 52.0 Å². The van der Waals surface area contributed by atoms with Gasteiger partial charge in [0.2, 0.25) is 0 Å². The van der Waals surface area contributed by atoms with Crippen molar-refractivity contribution in [1.82, 2.24) is 4.57 Å². The monoisotopic (exact) mass is 340 g/mol. The summed E-state index contributed by atoms with van der Waals surface area (Å²) in [7, 11) is 0. The molecular weight excluding hydrogens is 327 g/mol. The van der Waals surface area contributed by atoms with Crippen LogP contribution in [-0.4, -0.2) is 10.5 Å². The largest absolute Gasteiger partial charge is 0.456 e. The highest BCUT2D eigenvalue weighted by atomic mass is 79.9. The number of carbonyl (C=O) groups excluding carboxylic acids is 1. The zero-order valence-electron chi connectivity index (χ0n) is 10.9. The summed E-state index contributed by atoms with van der Waals surface area (Å²) in [5.41, 5.74) is 7.28. The molecule has 0 saturated heterocycles. The number of benzene rings is 1. The second-order valence-corrected chi connectivity index (χ2v) is 5.11. The highest BCUT2D eigenvalue weighted by molar-refractivity contribution is 9.10. The number of nitrogens with zero attached hydrogens (tertiary/aromatic N) is 1. The maximum absolute atomic E-state index is 13.0. The van der Waals surface area contributed by atoms with E-state index in [1.54, 1.807) is 22.9 Å². The van der Waals surface area contributed by atoms with E-state index in [1.807, 2.05) is 6.92 Å². The minimum atomic E-state index is -0.459. The number of hydrogen-bond acceptors (Lipinski definition) is 3. The van der Waals surface area contributed by atoms with Gasteiger partial charge in [0.1, 0.15) is 18.1 Å². The van der Waals surface area contributed by atoms with E-state index in [-0.39, 0.29) is 12.4 Å². The van der Waals surface area contributed by atoms with Crippen LogP contribution in [0.3, 0.4) is 0 Å². The molecule has 0 aliphatic rings. The Morgan fingerprint density at radius 2 is 2.20 bits per heavy atom. The predicted molar refractivity (Wildman–Crippen MR) is 77.7 cm³/mol. The molecule has 6 heteroatoms. The Labute approximate surface area is 124 Å². The third kappa shape index (κ3) is 3.19. The van der Waals surface area contributed by atoms with Crippen molar-refractivity contribution in [2.75, 3.05) is 5.73 Å². The van der Waals surface area contributed by atoms with E-state index in [4.69, 9.17) is 10.5 Å². The average molecular weight is 341 g/mol. The van der Waals surface area contributed by atoms with Crippen LogP contribution in [0.15, 0.2) is 34.9 Å². The zero-order valence-corrected chi connectivity index (χ0v) is 12.5. The van der Waals surface area contributed by atoms with Gasteiger partial charge >= 0.3 is 5.97 Å². The van der Waals surface area contributed by atoms with Gasteiger partial charge in [-0.05, 0) is 25.1 Å². The fraction of sp³-hybridized carbons (Fsp3) is 0.214. The maximum Gasteiger partial charge on any atom is 0.355 e. The molecule has 0 atom stereocenters. The molecule has 1 heterocycles. The van der Waals surface area contributed by atoms with E-state index in [0.717, 1.165) is 0 Å². The normalized spacial score (nSPS) is 10.6. The number of nitrogens with two attached hydrogens (primary N) is 1. The van der Waals surface area contributed by atoms with Crippen LogP contribution in [0.5, 0.6) is 0 Å². The third-order valence-corrected chi connectivity index (χ3v) is 3.58. The molecule has 2 aromatic rings. The first-order valence-electron chi connectivity index (χ1n) is 6.08. The van der Waals surface area contributed by atoms with Crippen LogP contribution in [-0.2, 0) is 17.9 Å². The van der Waals surface area contributed by atoms with Gasteiger partial charge in [-0.15, -0.1) is 0 Å². The molecule has 0 amide bonds. The summed E-state index contributed by atoms with van der Waals surface area (Å²) >= 11 is 3.23. The summed E-state index contributed by atoms with van der Waals surface area (Å²) in [5.74, 6) is -0.806. The lowest BCUT2D eigenvalue weighted by Gasteiger charge is -2.08. The van der Waals surface area contributed by atoms with E-state index in [0.29, 0.717) is 28.0 Å². The first-order chi connectivity index (χ1) is 9.51. The van der Waals surface area contributed by atoms with Gasteiger partial charge in [0.05, 0.1) is 5.69 Å². The van der Waals surface area contributed by atoms with Gasteiger partial charge in [0.15, 0.2) is 0 Å². The van der Waals surface area contributed by atoms with Gasteiger partial charge in [-0.3, -0.25) is 0 Å². The number of ether oxygens (including phenoxy) is 1. The van der Waals surface area contributed by atoms with E-state index < -0.39 is 5.97 Å². The average Bonchev–Trinajstić information content (AvgIpc) is 2.78. The van der Waals surface area contributed by atoms with Gasteiger partial charge in [-0.2, -0.15) is 0 Å². The smallest absolute Gasteiger partial charge is 0.355 e. The number of rotatable bonds is 4. The van der Waals surface area contributed by atoms with Crippen molar-refractivity contribution in [3.63, 3.8) is 0 Å². The van der Waals surface area contributed by atoms with Crippen LogP contribution in [0.25, 0.3) is 0 Å². The first kappa shape index (κ1) is 14.6. The highest BCUT2D eigenvalue weighted by Gasteiger charge is 2.14. The minimum Gasteiger partial charge on any atom is -0.456 e. The van der Waals surface area contributed by atoms with Crippen LogP contribution in [0.2, 0.25) is 0 Å². The van der Waals surface area contributed by atoms with Crippen molar-refractivity contribution in [2.24, 2.45) is 0 Å². The number of anilines is 1. The lowest BCUT2D eigenvalue weighted by Crippen LogP contribution is -2.11. The predicted octanol–water partition coefficient (Wildman–Crippen LogP) is 3.35. The molecule has 0 radical (unpaired) electrons. The van der Waals surface area contributed by atoms with E-state index in [2.05, 4.69) is 15.9 Å². The molecule has 0 aliphatic heterocycles. The summed E-state index contributed by atoms with van der Waals surface area (Å²) in [6, 6.07) is 5.79. The molecule has 4 nitrogen and oxygen atoms in total. The lowest BCUT2D eigenvalue weighted by atomic mass is 10.2. The van der Waals surface area contributed by atoms with Crippen LogP contribution < -0.4 is 5.73 Å². The second-order valence-electron chi connectivity index (χ2n) is 4.26. The van der Waals surface area contributed by atoms with Gasteiger partial charge in [-0.25, -0.2) is 9.18 Å². The lowest BCUT2D eigenvalue weighted by molar-refractivity contribution is 0.0459. The summed E-state index contributed by atoms with van der Waals surface area (Å²) in [6.07, 6.45) is 1.68. The molecular formula is C14H14BrFN2O2. The van der Waals surface area contributed by atoms with Crippen LogP contribution in [0, 0.1) is 5.82 Å². The second kappa shape index (κ2) is 6.09. The van der Waals surface area contributed by atoms with Crippen molar-refractivity contribution in [3.8, 4) is 0 Å². The van der Waals surface area contributed by atoms with Gasteiger partial charge in [-0.1, -0.05) is 22.0 Å². The standard InChI is InChI=1S/C14H14BrFN2O2/c1-2-18-7-11(17)6-13(18)14(19)20-8-9-3-4-10(16)5-12(9)15/h3-7H,2,8,17H2,1H3. The number of carbonyl (C=O) groups is 1. The molecule has 0 fully saturated rings. The molecule has 0 spiro atoms. The SMILES string of the molecule is CCn1cc(N)cc1C(=O)OCc1ccc(F)cc1Br. The van der Waals surface area contributed by atoms with E-state index in [9.17, 15) is 9.18 Å². The Morgan fingerprint density at radius 3 is 2.85 bits per heavy atom. The zero-order chi connectivity index (χ0) is 14.7. The van der Waals surface area contributed by atoms with Crippen LogP contribution in [0.1, 0.15) is 23.0 Å². The summed E-state index contributed by atoms with van der Waals surface area (Å²) in [5, 5.41) is 0. The topological polar surface area (TPSA) is 57.2 Å². The molecule has 0 saturated carbocycles. The number of aromatic nitrogens is 1. The first-order valence-corrected chi connectivity index (χ1v) is 6.87. The molecule has 106 valence electrons. The summed E-state index contributed by atoms with van der Waals surface area (Å²) in [4.78, 5) is 12.0. The Balaban J connectivity index is 2.08. The third-order valence-electron chi connectivity index (χ3n) is 2.84. The molecule has 0 bridgehead atoms. The fourth-order valence-corrected chi connectivity index (χ4v) is 2.29. The summed E-state index contributed by atoms with van der Waals surface area (Å²) < 4.78 is 20.5. The Kier molecular flexibility index (Phi) is 4.44. The quantitative estimate of drug-likeness (QED) is 0.868. The number of nitrogen functional groups attached to an aromatic ring is 1. The van der Waals surface area contributed by atoms with Crippen LogP contribution in [0.4, 0.5) is 10.1 Å². The van der Waals surface area contributed by atoms with Crippen molar-refractivity contribution in [2.45, 2.75) is 20.1 Å². The molecule has 0 unspecified atom stereocenters. The van der Waals surface area contributed by atoms with Gasteiger partial charge in [0.25, 0.3) is 0 Å². The minimum absolute atomic E-state index is 0.0640. The molecule has 1 aromatic carbocycles. The molecule has 2 N–H and O–H groups in total. The number of aryl methyl sites for hydroxylation is 1. The molecule has 2 rings (SSSR count).